The third-order valence-electron chi connectivity index (χ3n) is 2.77. The number of methoxy groups -OCH3 is 1. The SMILES string of the molecule is COCCCS(=O)(=O)N1CCN(CC#N)CC1. The summed E-state index contributed by atoms with van der Waals surface area (Å²) in [6.45, 7) is 3.08. The molecule has 1 aliphatic heterocycles. The molecule has 98 valence electrons. The van der Waals surface area contributed by atoms with E-state index in [1.54, 1.807) is 7.11 Å². The first-order chi connectivity index (χ1) is 8.10. The lowest BCUT2D eigenvalue weighted by Gasteiger charge is -2.32. The minimum absolute atomic E-state index is 0.138. The molecule has 0 bridgehead atoms. The van der Waals surface area contributed by atoms with Crippen molar-refractivity contribution >= 4 is 10.0 Å². The van der Waals surface area contributed by atoms with E-state index < -0.39 is 10.0 Å². The van der Waals surface area contributed by atoms with Gasteiger partial charge < -0.3 is 4.74 Å². The molecule has 0 aromatic carbocycles. The molecule has 1 fully saturated rings. The zero-order chi connectivity index (χ0) is 12.7. The van der Waals surface area contributed by atoms with Crippen LogP contribution in [0.4, 0.5) is 0 Å². The normalized spacial score (nSPS) is 19.1. The van der Waals surface area contributed by atoms with Crippen molar-refractivity contribution in [3.8, 4) is 6.07 Å². The van der Waals surface area contributed by atoms with Gasteiger partial charge in [-0.2, -0.15) is 9.57 Å². The summed E-state index contributed by atoms with van der Waals surface area (Å²) in [5, 5.41) is 8.55. The van der Waals surface area contributed by atoms with Gasteiger partial charge in [-0.25, -0.2) is 8.42 Å². The molecule has 1 heterocycles. The predicted molar refractivity (Wildman–Crippen MR) is 63.9 cm³/mol. The van der Waals surface area contributed by atoms with Crippen molar-refractivity contribution in [1.82, 2.24) is 9.21 Å². The number of hydrogen-bond donors (Lipinski definition) is 0. The third-order valence-corrected chi connectivity index (χ3v) is 4.73. The Morgan fingerprint density at radius 3 is 2.47 bits per heavy atom. The van der Waals surface area contributed by atoms with Crippen molar-refractivity contribution in [2.24, 2.45) is 0 Å². The van der Waals surface area contributed by atoms with E-state index in [0.29, 0.717) is 45.8 Å². The van der Waals surface area contributed by atoms with Crippen molar-refractivity contribution in [2.75, 3.05) is 52.2 Å². The van der Waals surface area contributed by atoms with E-state index in [-0.39, 0.29) is 5.75 Å². The molecule has 0 aromatic heterocycles. The highest BCUT2D eigenvalue weighted by Crippen LogP contribution is 2.08. The standard InChI is InChI=1S/C10H19N3O3S/c1-16-9-2-10-17(14,15)13-7-5-12(4-3-11)6-8-13/h2,4-10H2,1H3. The summed E-state index contributed by atoms with van der Waals surface area (Å²) in [5.74, 6) is 0.138. The Balaban J connectivity index is 2.39. The maximum atomic E-state index is 11.9. The van der Waals surface area contributed by atoms with Gasteiger partial charge in [0.15, 0.2) is 0 Å². The number of nitriles is 1. The molecule has 0 aromatic rings. The maximum absolute atomic E-state index is 11.9. The third kappa shape index (κ3) is 4.60. The largest absolute Gasteiger partial charge is 0.385 e. The first kappa shape index (κ1) is 14.4. The van der Waals surface area contributed by atoms with Crippen molar-refractivity contribution in [3.63, 3.8) is 0 Å². The average molecular weight is 261 g/mol. The smallest absolute Gasteiger partial charge is 0.214 e. The highest BCUT2D eigenvalue weighted by atomic mass is 32.2. The molecule has 0 N–H and O–H groups in total. The van der Waals surface area contributed by atoms with Gasteiger partial charge in [0.1, 0.15) is 0 Å². The van der Waals surface area contributed by atoms with Gasteiger partial charge in [-0.05, 0) is 6.42 Å². The van der Waals surface area contributed by atoms with Crippen LogP contribution >= 0.6 is 0 Å². The summed E-state index contributed by atoms with van der Waals surface area (Å²) >= 11 is 0. The molecule has 0 spiro atoms. The van der Waals surface area contributed by atoms with Crippen LogP contribution in [-0.2, 0) is 14.8 Å². The zero-order valence-electron chi connectivity index (χ0n) is 10.1. The molecule has 6 nitrogen and oxygen atoms in total. The van der Waals surface area contributed by atoms with Crippen LogP contribution in [0, 0.1) is 11.3 Å². The van der Waals surface area contributed by atoms with Crippen LogP contribution in [0.3, 0.4) is 0 Å². The summed E-state index contributed by atoms with van der Waals surface area (Å²) in [4.78, 5) is 1.96. The Kier molecular flexibility index (Phi) is 5.85. The van der Waals surface area contributed by atoms with Crippen LogP contribution in [0.25, 0.3) is 0 Å². The number of sulfonamides is 1. The number of rotatable bonds is 6. The van der Waals surface area contributed by atoms with Gasteiger partial charge in [0.2, 0.25) is 10.0 Å². The van der Waals surface area contributed by atoms with E-state index >= 15 is 0 Å². The fourth-order valence-electron chi connectivity index (χ4n) is 1.78. The fraction of sp³-hybridized carbons (Fsp3) is 0.900. The highest BCUT2D eigenvalue weighted by molar-refractivity contribution is 7.89. The monoisotopic (exact) mass is 261 g/mol. The van der Waals surface area contributed by atoms with Crippen molar-refractivity contribution < 1.29 is 13.2 Å². The Morgan fingerprint density at radius 1 is 1.29 bits per heavy atom. The molecule has 0 unspecified atom stereocenters. The molecule has 17 heavy (non-hydrogen) atoms. The second-order valence-electron chi connectivity index (χ2n) is 4.00. The van der Waals surface area contributed by atoms with Crippen LogP contribution < -0.4 is 0 Å². The lowest BCUT2D eigenvalue weighted by atomic mass is 10.4. The molecule has 0 aliphatic carbocycles. The van der Waals surface area contributed by atoms with Crippen LogP contribution in [-0.4, -0.2) is 69.8 Å². The summed E-state index contributed by atoms with van der Waals surface area (Å²) in [6, 6.07) is 2.07. The second-order valence-corrected chi connectivity index (χ2v) is 6.08. The van der Waals surface area contributed by atoms with Gasteiger partial charge in [0.25, 0.3) is 0 Å². The molecular weight excluding hydrogens is 242 g/mol. The van der Waals surface area contributed by atoms with Gasteiger partial charge in [0, 0.05) is 39.9 Å². The molecule has 0 saturated carbocycles. The number of hydrogen-bond acceptors (Lipinski definition) is 5. The summed E-state index contributed by atoms with van der Waals surface area (Å²) in [5.41, 5.74) is 0. The highest BCUT2D eigenvalue weighted by Gasteiger charge is 2.26. The minimum Gasteiger partial charge on any atom is -0.385 e. The Labute approximate surface area is 103 Å². The van der Waals surface area contributed by atoms with E-state index in [4.69, 9.17) is 10.00 Å². The maximum Gasteiger partial charge on any atom is 0.214 e. The molecule has 0 atom stereocenters. The van der Waals surface area contributed by atoms with Crippen LogP contribution in [0.5, 0.6) is 0 Å². The van der Waals surface area contributed by atoms with Crippen molar-refractivity contribution in [2.45, 2.75) is 6.42 Å². The number of piperazine rings is 1. The van der Waals surface area contributed by atoms with E-state index in [0.717, 1.165) is 0 Å². The average Bonchev–Trinajstić information content (AvgIpc) is 2.30. The molecule has 1 rings (SSSR count). The van der Waals surface area contributed by atoms with Gasteiger partial charge in [0.05, 0.1) is 18.4 Å². The summed E-state index contributed by atoms with van der Waals surface area (Å²) in [6.07, 6.45) is 0.525. The Hall–Kier alpha value is -0.680. The fourth-order valence-corrected chi connectivity index (χ4v) is 3.24. The Bertz CT molecular complexity index is 355. The van der Waals surface area contributed by atoms with Gasteiger partial charge >= 0.3 is 0 Å². The molecule has 1 saturated heterocycles. The first-order valence-corrected chi connectivity index (χ1v) is 7.27. The van der Waals surface area contributed by atoms with E-state index in [1.807, 2.05) is 4.90 Å². The number of ether oxygens (including phenoxy) is 1. The van der Waals surface area contributed by atoms with E-state index in [9.17, 15) is 8.42 Å². The van der Waals surface area contributed by atoms with E-state index in [2.05, 4.69) is 6.07 Å². The summed E-state index contributed by atoms with van der Waals surface area (Å²) < 4.78 is 30.2. The lowest BCUT2D eigenvalue weighted by molar-refractivity contribution is 0.195. The second kappa shape index (κ2) is 6.91. The molecule has 7 heteroatoms. The van der Waals surface area contributed by atoms with Crippen LogP contribution in [0.2, 0.25) is 0 Å². The Morgan fingerprint density at radius 2 is 1.94 bits per heavy atom. The van der Waals surface area contributed by atoms with Gasteiger partial charge in [-0.15, -0.1) is 0 Å². The van der Waals surface area contributed by atoms with E-state index in [1.165, 1.54) is 4.31 Å². The minimum atomic E-state index is -3.15. The van der Waals surface area contributed by atoms with Crippen molar-refractivity contribution in [1.29, 1.82) is 5.26 Å². The molecule has 0 amide bonds. The number of nitrogens with zero attached hydrogens (tertiary/aromatic N) is 3. The predicted octanol–water partition coefficient (Wildman–Crippen LogP) is -0.506. The first-order valence-electron chi connectivity index (χ1n) is 5.66. The van der Waals surface area contributed by atoms with Gasteiger partial charge in [-0.1, -0.05) is 0 Å². The summed E-state index contributed by atoms with van der Waals surface area (Å²) in [7, 11) is -1.59. The van der Waals surface area contributed by atoms with Crippen molar-refractivity contribution in [3.05, 3.63) is 0 Å². The van der Waals surface area contributed by atoms with Gasteiger partial charge in [-0.3, -0.25) is 4.90 Å². The zero-order valence-corrected chi connectivity index (χ0v) is 10.9. The van der Waals surface area contributed by atoms with Crippen LogP contribution in [0.15, 0.2) is 0 Å². The van der Waals surface area contributed by atoms with Crippen LogP contribution in [0.1, 0.15) is 6.42 Å². The topological polar surface area (TPSA) is 73.6 Å². The lowest BCUT2D eigenvalue weighted by Crippen LogP contribution is -2.49. The molecule has 0 radical (unpaired) electrons. The molecule has 1 aliphatic rings. The molecular formula is C10H19N3O3S. The quantitative estimate of drug-likeness (QED) is 0.476.